The van der Waals surface area contributed by atoms with Gasteiger partial charge in [-0.2, -0.15) is 0 Å². The lowest BCUT2D eigenvalue weighted by Crippen LogP contribution is -2.61. The molecule has 2 saturated heterocycles. The number of esters is 3. The van der Waals surface area contributed by atoms with Gasteiger partial charge in [-0.05, 0) is 41.0 Å². The number of carboxylic acids is 1. The Hall–Kier alpha value is -4.98. The van der Waals surface area contributed by atoms with Crippen LogP contribution in [0, 0.1) is 0 Å². The molecule has 2 aliphatic heterocycles. The number of methoxy groups -OCH3 is 2. The summed E-state index contributed by atoms with van der Waals surface area (Å²) in [7, 11) is 3.12. The maximum atomic E-state index is 13.0. The van der Waals surface area contributed by atoms with E-state index in [-0.39, 0.29) is 6.42 Å². The average Bonchev–Trinajstić information content (AvgIpc) is 3.55. The number of carbonyl (C=O) groups excluding carboxylic acids is 3. The molecule has 0 aliphatic carbocycles. The summed E-state index contributed by atoms with van der Waals surface area (Å²) < 4.78 is 46.4. The largest absolute Gasteiger partial charge is 0.497 e. The monoisotopic (exact) mass is 664 g/mol. The van der Waals surface area contributed by atoms with Gasteiger partial charge in [0.15, 0.2) is 12.2 Å². The molecule has 1 N–H and O–H groups in total. The predicted molar refractivity (Wildman–Crippen MR) is 165 cm³/mol. The van der Waals surface area contributed by atoms with Crippen molar-refractivity contribution in [3.8, 4) is 11.5 Å². The number of hydrogen-bond acceptors (Lipinski definition) is 12. The number of aliphatic carboxylic acids is 1. The van der Waals surface area contributed by atoms with Gasteiger partial charge in [-0.3, -0.25) is 9.59 Å². The van der Waals surface area contributed by atoms with Gasteiger partial charge in [-0.15, -0.1) is 0 Å². The number of hydrogen-bond donors (Lipinski definition) is 1. The second-order valence-corrected chi connectivity index (χ2v) is 11.2. The van der Waals surface area contributed by atoms with Crippen LogP contribution >= 0.6 is 0 Å². The SMILES string of the molecule is COc1ccc(C(O[C@H]2[C@@H](OC(C)=O)C3(OC(=O)COCC(=O)O)O[C@@H]2C[C@@H]3OC(C)=O)(c2ccccc2)c2ccc(OC)cc2)cc1. The maximum Gasteiger partial charge on any atom is 0.334 e. The standard InChI is InChI=1S/C35H36O13/c1-21(36)44-29-18-28-32(33(45-22(2)37)35(29,46-28)47-31(40)20-43-19-30(38)39)48-34(23-8-6-5-7-9-23,24-10-14-26(41-3)15-11-24)25-12-16-27(42-4)17-13-25/h5-17,28-29,32-33H,18-20H2,1-4H3,(H,38,39)/t28-,29+,32-,33-,35?/m1/s1. The van der Waals surface area contributed by atoms with Crippen molar-refractivity contribution in [3.63, 3.8) is 0 Å². The molecule has 254 valence electrons. The first kappa shape index (κ1) is 34.4. The number of rotatable bonds is 14. The predicted octanol–water partition coefficient (Wildman–Crippen LogP) is 3.39. The van der Waals surface area contributed by atoms with E-state index in [1.165, 1.54) is 13.8 Å². The van der Waals surface area contributed by atoms with Crippen LogP contribution in [0.4, 0.5) is 0 Å². The van der Waals surface area contributed by atoms with E-state index < -0.39 is 72.9 Å². The molecule has 2 heterocycles. The molecule has 5 atom stereocenters. The van der Waals surface area contributed by atoms with E-state index in [1.54, 1.807) is 38.5 Å². The lowest BCUT2D eigenvalue weighted by Gasteiger charge is -2.43. The van der Waals surface area contributed by atoms with Gasteiger partial charge in [0.05, 0.1) is 20.3 Å². The van der Waals surface area contributed by atoms with Gasteiger partial charge in [-0.25, -0.2) is 9.59 Å². The molecule has 3 aromatic rings. The third-order valence-electron chi connectivity index (χ3n) is 8.10. The minimum absolute atomic E-state index is 0.0152. The van der Waals surface area contributed by atoms with Crippen molar-refractivity contribution in [3.05, 3.63) is 95.6 Å². The quantitative estimate of drug-likeness (QED) is 0.152. The van der Waals surface area contributed by atoms with Crippen molar-refractivity contribution < 1.29 is 62.2 Å². The first-order valence-electron chi connectivity index (χ1n) is 15.1. The molecule has 0 amide bonds. The van der Waals surface area contributed by atoms with Crippen LogP contribution in [0.1, 0.15) is 37.0 Å². The summed E-state index contributed by atoms with van der Waals surface area (Å²) in [6.45, 7) is 0.826. The first-order valence-corrected chi connectivity index (χ1v) is 15.1. The summed E-state index contributed by atoms with van der Waals surface area (Å²) >= 11 is 0. The third kappa shape index (κ3) is 6.84. The molecule has 0 spiro atoms. The lowest BCUT2D eigenvalue weighted by atomic mass is 9.79. The number of fused-ring (bicyclic) bond motifs is 2. The van der Waals surface area contributed by atoms with Gasteiger partial charge in [0.2, 0.25) is 0 Å². The second-order valence-electron chi connectivity index (χ2n) is 11.2. The minimum Gasteiger partial charge on any atom is -0.497 e. The van der Waals surface area contributed by atoms with Crippen LogP contribution in [-0.4, -0.2) is 86.6 Å². The summed E-state index contributed by atoms with van der Waals surface area (Å²) in [6.07, 6.45) is -4.63. The van der Waals surface area contributed by atoms with Crippen LogP contribution in [0.15, 0.2) is 78.9 Å². The molecular weight excluding hydrogens is 628 g/mol. The molecule has 13 nitrogen and oxygen atoms in total. The van der Waals surface area contributed by atoms with E-state index >= 15 is 0 Å². The van der Waals surface area contributed by atoms with Crippen LogP contribution in [0.25, 0.3) is 0 Å². The van der Waals surface area contributed by atoms with E-state index in [1.807, 2.05) is 54.6 Å². The van der Waals surface area contributed by atoms with Crippen molar-refractivity contribution in [2.75, 3.05) is 27.4 Å². The van der Waals surface area contributed by atoms with Crippen molar-refractivity contribution >= 4 is 23.9 Å². The van der Waals surface area contributed by atoms with E-state index in [4.69, 9.17) is 43.0 Å². The molecule has 13 heteroatoms. The smallest absolute Gasteiger partial charge is 0.334 e. The molecule has 0 saturated carbocycles. The van der Waals surface area contributed by atoms with Crippen molar-refractivity contribution in [2.24, 2.45) is 0 Å². The Labute approximate surface area is 276 Å². The molecule has 0 radical (unpaired) electrons. The summed E-state index contributed by atoms with van der Waals surface area (Å²) in [5.41, 5.74) is 0.667. The summed E-state index contributed by atoms with van der Waals surface area (Å²) in [6, 6.07) is 23.9. The Morgan fingerprint density at radius 1 is 0.792 bits per heavy atom. The summed E-state index contributed by atoms with van der Waals surface area (Å²) in [5.74, 6) is -4.69. The topological polar surface area (TPSA) is 162 Å². The van der Waals surface area contributed by atoms with Crippen LogP contribution < -0.4 is 9.47 Å². The van der Waals surface area contributed by atoms with Crippen molar-refractivity contribution in [1.82, 2.24) is 0 Å². The zero-order chi connectivity index (χ0) is 34.5. The third-order valence-corrected chi connectivity index (χ3v) is 8.10. The number of benzene rings is 3. The normalized spacial score (nSPS) is 22.8. The van der Waals surface area contributed by atoms with Crippen molar-refractivity contribution in [2.45, 2.75) is 56.1 Å². The van der Waals surface area contributed by atoms with E-state index in [2.05, 4.69) is 0 Å². The molecule has 2 aliphatic rings. The van der Waals surface area contributed by atoms with Gasteiger partial charge in [0.25, 0.3) is 5.79 Å². The summed E-state index contributed by atoms with van der Waals surface area (Å²) in [4.78, 5) is 48.8. The minimum atomic E-state index is -2.14. The van der Waals surface area contributed by atoms with E-state index in [9.17, 15) is 19.2 Å². The second kappa shape index (κ2) is 14.4. The lowest BCUT2D eigenvalue weighted by molar-refractivity contribution is -0.273. The van der Waals surface area contributed by atoms with E-state index in [0.717, 1.165) is 0 Å². The molecule has 2 bridgehead atoms. The Kier molecular flexibility index (Phi) is 10.3. The molecule has 1 unspecified atom stereocenters. The first-order chi connectivity index (χ1) is 23.0. The van der Waals surface area contributed by atoms with Crippen LogP contribution in [0.2, 0.25) is 0 Å². The highest BCUT2D eigenvalue weighted by Gasteiger charge is 2.72. The van der Waals surface area contributed by atoms with Crippen LogP contribution in [0.5, 0.6) is 11.5 Å². The van der Waals surface area contributed by atoms with Crippen molar-refractivity contribution in [1.29, 1.82) is 0 Å². The molecule has 48 heavy (non-hydrogen) atoms. The summed E-state index contributed by atoms with van der Waals surface area (Å²) in [5, 5.41) is 8.93. The van der Waals surface area contributed by atoms with Crippen LogP contribution in [-0.2, 0) is 53.2 Å². The Balaban J connectivity index is 1.66. The fourth-order valence-electron chi connectivity index (χ4n) is 6.22. The number of carboxylic acid groups (broad SMARTS) is 1. The zero-order valence-electron chi connectivity index (χ0n) is 26.8. The van der Waals surface area contributed by atoms with Gasteiger partial charge >= 0.3 is 23.9 Å². The maximum absolute atomic E-state index is 13.0. The Bertz CT molecular complexity index is 1560. The fourth-order valence-corrected chi connectivity index (χ4v) is 6.22. The molecule has 0 aromatic heterocycles. The van der Waals surface area contributed by atoms with Gasteiger partial charge in [0.1, 0.15) is 36.4 Å². The fraction of sp³-hybridized carbons (Fsp3) is 0.371. The Morgan fingerprint density at radius 2 is 1.33 bits per heavy atom. The highest BCUT2D eigenvalue weighted by molar-refractivity contribution is 5.73. The molecule has 3 aromatic carbocycles. The highest BCUT2D eigenvalue weighted by Crippen LogP contribution is 2.53. The van der Waals surface area contributed by atoms with Gasteiger partial charge < -0.3 is 43.0 Å². The van der Waals surface area contributed by atoms with Crippen LogP contribution in [0.3, 0.4) is 0 Å². The number of ether oxygens (including phenoxy) is 8. The number of carbonyl (C=O) groups is 4. The Morgan fingerprint density at radius 3 is 1.83 bits per heavy atom. The molecule has 2 fully saturated rings. The molecular formula is C35H36O13. The molecule has 5 rings (SSSR count). The van der Waals surface area contributed by atoms with E-state index in [0.29, 0.717) is 28.2 Å². The van der Waals surface area contributed by atoms with Gasteiger partial charge in [0, 0.05) is 20.3 Å². The van der Waals surface area contributed by atoms with Gasteiger partial charge in [-0.1, -0.05) is 54.6 Å². The zero-order valence-corrected chi connectivity index (χ0v) is 26.8. The average molecular weight is 665 g/mol. The highest BCUT2D eigenvalue weighted by atomic mass is 16.8.